The van der Waals surface area contributed by atoms with E-state index in [9.17, 15) is 0 Å². The monoisotopic (exact) mass is 286 g/mol. The molecular weight excluding hydrogens is 260 g/mol. The lowest BCUT2D eigenvalue weighted by molar-refractivity contribution is 1.14. The number of benzene rings is 1. The molecular formula is C19H26S. The predicted octanol–water partition coefficient (Wildman–Crippen LogP) is 6.79. The summed E-state index contributed by atoms with van der Waals surface area (Å²) in [5.74, 6) is 0. The first-order valence-corrected chi connectivity index (χ1v) is 7.85. The Labute approximate surface area is 129 Å². The third-order valence-corrected chi connectivity index (χ3v) is 3.45. The summed E-state index contributed by atoms with van der Waals surface area (Å²) in [6.45, 7) is 13.8. The third-order valence-electron chi connectivity index (χ3n) is 2.54. The van der Waals surface area contributed by atoms with Gasteiger partial charge >= 0.3 is 0 Å². The van der Waals surface area contributed by atoms with Gasteiger partial charge in [-0.15, -0.1) is 6.58 Å². The fourth-order valence-corrected chi connectivity index (χ4v) is 2.02. The zero-order chi connectivity index (χ0) is 15.2. The molecule has 0 aromatic heterocycles. The van der Waals surface area contributed by atoms with Crippen molar-refractivity contribution in [3.63, 3.8) is 0 Å². The Hall–Kier alpha value is -1.47. The number of hydrogen-bond donors (Lipinski definition) is 0. The minimum absolute atomic E-state index is 1.07. The molecule has 0 N–H and O–H groups in total. The van der Waals surface area contributed by atoms with Crippen molar-refractivity contribution in [3.8, 4) is 0 Å². The van der Waals surface area contributed by atoms with Crippen LogP contribution in [-0.2, 0) is 0 Å². The molecule has 1 heteroatoms. The highest BCUT2D eigenvalue weighted by Gasteiger charge is 1.94. The van der Waals surface area contributed by atoms with E-state index in [4.69, 9.17) is 0 Å². The molecule has 1 aromatic rings. The zero-order valence-electron chi connectivity index (χ0n) is 12.9. The number of hydrogen-bond acceptors (Lipinski definition) is 1. The standard InChI is InChI=1S/C15H18S.C4H8/c1-4-14(5-2)12-11-13(3)16-15-9-7-6-8-10-15;1-3-4-2/h4,6-12H,3,5H2,1-2H3;3H,1,4H2,2H3/b12-11-,14-4-;. The second kappa shape index (κ2) is 12.6. The van der Waals surface area contributed by atoms with Gasteiger partial charge in [0, 0.05) is 9.80 Å². The van der Waals surface area contributed by atoms with Crippen LogP contribution >= 0.6 is 11.8 Å². The van der Waals surface area contributed by atoms with E-state index in [-0.39, 0.29) is 0 Å². The van der Waals surface area contributed by atoms with Crippen LogP contribution in [0.1, 0.15) is 33.6 Å². The normalized spacial score (nSPS) is 10.8. The van der Waals surface area contributed by atoms with E-state index in [0.29, 0.717) is 0 Å². The molecule has 0 aliphatic carbocycles. The quantitative estimate of drug-likeness (QED) is 0.315. The molecule has 0 aliphatic rings. The summed E-state index contributed by atoms with van der Waals surface area (Å²) in [6, 6.07) is 10.3. The molecule has 0 saturated heterocycles. The lowest BCUT2D eigenvalue weighted by Crippen LogP contribution is -1.74. The minimum atomic E-state index is 1.07. The van der Waals surface area contributed by atoms with Gasteiger partial charge in [0.1, 0.15) is 0 Å². The number of rotatable bonds is 6. The van der Waals surface area contributed by atoms with Crippen molar-refractivity contribution < 1.29 is 0 Å². The first-order valence-electron chi connectivity index (χ1n) is 7.03. The molecule has 1 rings (SSSR count). The Morgan fingerprint density at radius 3 is 2.20 bits per heavy atom. The molecule has 0 nitrogen and oxygen atoms in total. The Kier molecular flexibility index (Phi) is 11.6. The summed E-state index contributed by atoms with van der Waals surface area (Å²) >= 11 is 1.70. The first kappa shape index (κ1) is 18.5. The van der Waals surface area contributed by atoms with Gasteiger partial charge in [-0.25, -0.2) is 0 Å². The zero-order valence-corrected chi connectivity index (χ0v) is 13.7. The Balaban J connectivity index is 0.000000796. The van der Waals surface area contributed by atoms with E-state index < -0.39 is 0 Å². The molecule has 108 valence electrons. The Bertz CT molecular complexity index is 438. The van der Waals surface area contributed by atoms with Crippen LogP contribution < -0.4 is 0 Å². The van der Waals surface area contributed by atoms with E-state index in [1.807, 2.05) is 24.3 Å². The van der Waals surface area contributed by atoms with Crippen LogP contribution in [0.4, 0.5) is 0 Å². The summed E-state index contributed by atoms with van der Waals surface area (Å²) in [5.41, 5.74) is 1.34. The fraction of sp³-hybridized carbons (Fsp3) is 0.263. The average molecular weight is 286 g/mol. The van der Waals surface area contributed by atoms with E-state index >= 15 is 0 Å². The summed E-state index contributed by atoms with van der Waals surface area (Å²) in [5, 5.41) is 0. The highest BCUT2D eigenvalue weighted by atomic mass is 32.2. The molecule has 0 fully saturated rings. The summed E-state index contributed by atoms with van der Waals surface area (Å²) in [7, 11) is 0. The summed E-state index contributed by atoms with van der Waals surface area (Å²) in [6.07, 6.45) is 10.4. The van der Waals surface area contributed by atoms with Gasteiger partial charge in [-0.05, 0) is 38.0 Å². The van der Waals surface area contributed by atoms with Gasteiger partial charge in [0.25, 0.3) is 0 Å². The lowest BCUT2D eigenvalue weighted by atomic mass is 10.2. The van der Waals surface area contributed by atoms with Gasteiger partial charge in [0.15, 0.2) is 0 Å². The molecule has 0 saturated carbocycles. The first-order chi connectivity index (χ1) is 9.67. The average Bonchev–Trinajstić information content (AvgIpc) is 2.49. The summed E-state index contributed by atoms with van der Waals surface area (Å²) < 4.78 is 0. The smallest absolute Gasteiger partial charge is 0.0122 e. The second-order valence-corrected chi connectivity index (χ2v) is 5.33. The van der Waals surface area contributed by atoms with Crippen molar-refractivity contribution in [2.24, 2.45) is 0 Å². The van der Waals surface area contributed by atoms with Crippen LogP contribution in [-0.4, -0.2) is 0 Å². The highest BCUT2D eigenvalue weighted by Crippen LogP contribution is 2.25. The topological polar surface area (TPSA) is 0 Å². The van der Waals surface area contributed by atoms with E-state index in [0.717, 1.165) is 17.7 Å². The lowest BCUT2D eigenvalue weighted by Gasteiger charge is -2.00. The van der Waals surface area contributed by atoms with E-state index in [2.05, 4.69) is 64.3 Å². The molecule has 0 unspecified atom stereocenters. The van der Waals surface area contributed by atoms with Crippen LogP contribution in [0.3, 0.4) is 0 Å². The highest BCUT2D eigenvalue weighted by molar-refractivity contribution is 8.03. The van der Waals surface area contributed by atoms with Gasteiger partial charge in [-0.3, -0.25) is 0 Å². The van der Waals surface area contributed by atoms with E-state index in [1.165, 1.54) is 10.5 Å². The van der Waals surface area contributed by atoms with Crippen molar-refractivity contribution >= 4 is 11.8 Å². The van der Waals surface area contributed by atoms with Gasteiger partial charge in [-0.2, -0.15) is 0 Å². The minimum Gasteiger partial charge on any atom is -0.103 e. The van der Waals surface area contributed by atoms with Crippen LogP contribution in [0.25, 0.3) is 0 Å². The molecule has 0 aliphatic heterocycles. The molecule has 0 amide bonds. The molecule has 0 atom stereocenters. The molecule has 20 heavy (non-hydrogen) atoms. The molecule has 0 bridgehead atoms. The Morgan fingerprint density at radius 1 is 1.15 bits per heavy atom. The second-order valence-electron chi connectivity index (χ2n) is 4.13. The van der Waals surface area contributed by atoms with Crippen LogP contribution in [0.2, 0.25) is 0 Å². The van der Waals surface area contributed by atoms with Crippen molar-refractivity contribution in [1.82, 2.24) is 0 Å². The SMILES string of the molecule is C=C(/C=C\C(=C/C)CC)Sc1ccccc1.C=CCC. The third kappa shape index (κ3) is 9.46. The van der Waals surface area contributed by atoms with Gasteiger partial charge in [-0.1, -0.05) is 74.2 Å². The van der Waals surface area contributed by atoms with Gasteiger partial charge < -0.3 is 0 Å². The number of thioether (sulfide) groups is 1. The predicted molar refractivity (Wildman–Crippen MR) is 95.1 cm³/mol. The molecule has 0 radical (unpaired) electrons. The summed E-state index contributed by atoms with van der Waals surface area (Å²) in [4.78, 5) is 2.30. The largest absolute Gasteiger partial charge is 0.103 e. The fourth-order valence-electron chi connectivity index (χ4n) is 1.29. The maximum atomic E-state index is 4.04. The van der Waals surface area contributed by atoms with Crippen molar-refractivity contribution in [1.29, 1.82) is 0 Å². The Morgan fingerprint density at radius 2 is 1.75 bits per heavy atom. The van der Waals surface area contributed by atoms with Gasteiger partial charge in [0.2, 0.25) is 0 Å². The maximum Gasteiger partial charge on any atom is 0.0122 e. The van der Waals surface area contributed by atoms with Crippen LogP contribution in [0.15, 0.2) is 83.2 Å². The van der Waals surface area contributed by atoms with Crippen LogP contribution in [0.5, 0.6) is 0 Å². The van der Waals surface area contributed by atoms with E-state index in [1.54, 1.807) is 11.8 Å². The molecule has 0 heterocycles. The molecule has 1 aromatic carbocycles. The maximum absolute atomic E-state index is 4.04. The molecule has 0 spiro atoms. The number of allylic oxidation sites excluding steroid dienone is 5. The van der Waals surface area contributed by atoms with Crippen molar-refractivity contribution in [2.45, 2.75) is 38.5 Å². The van der Waals surface area contributed by atoms with Crippen LogP contribution in [0, 0.1) is 0 Å². The van der Waals surface area contributed by atoms with Crippen molar-refractivity contribution in [2.75, 3.05) is 0 Å². The van der Waals surface area contributed by atoms with Gasteiger partial charge in [0.05, 0.1) is 0 Å². The van der Waals surface area contributed by atoms with Crippen molar-refractivity contribution in [3.05, 3.63) is 78.3 Å².